The number of urea groups is 1. The highest BCUT2D eigenvalue weighted by molar-refractivity contribution is 5.97. The number of carbonyl (C=O) groups excluding carboxylic acids is 2. The molecule has 2 heterocycles. The van der Waals surface area contributed by atoms with Crippen LogP contribution < -0.4 is 19.7 Å². The van der Waals surface area contributed by atoms with Crippen LogP contribution in [-0.4, -0.2) is 56.2 Å². The van der Waals surface area contributed by atoms with Crippen LogP contribution in [0.2, 0.25) is 0 Å². The summed E-state index contributed by atoms with van der Waals surface area (Å²) in [5.74, 6) is 1.20. The van der Waals surface area contributed by atoms with Gasteiger partial charge in [0.05, 0.1) is 20.3 Å². The smallest absolute Gasteiger partial charge is 0.317 e. The van der Waals surface area contributed by atoms with Gasteiger partial charge in [-0.2, -0.15) is 0 Å². The molecule has 0 unspecified atom stereocenters. The number of nitrogens with one attached hydrogen (secondary N) is 1. The monoisotopic (exact) mass is 375 g/mol. The van der Waals surface area contributed by atoms with E-state index in [4.69, 9.17) is 9.47 Å². The zero-order chi connectivity index (χ0) is 19.4. The van der Waals surface area contributed by atoms with Crippen LogP contribution in [0.1, 0.15) is 39.0 Å². The van der Waals surface area contributed by atoms with Crippen molar-refractivity contribution in [1.29, 1.82) is 0 Å². The molecule has 0 radical (unpaired) electrons. The first kappa shape index (κ1) is 19.3. The maximum atomic E-state index is 12.7. The normalized spacial score (nSPS) is 22.7. The van der Waals surface area contributed by atoms with E-state index in [0.717, 1.165) is 31.5 Å². The van der Waals surface area contributed by atoms with E-state index in [1.165, 1.54) is 6.42 Å². The van der Waals surface area contributed by atoms with Crippen LogP contribution in [0.5, 0.6) is 11.5 Å². The minimum atomic E-state index is -0.183. The second-order valence-electron chi connectivity index (χ2n) is 7.15. The summed E-state index contributed by atoms with van der Waals surface area (Å²) >= 11 is 0. The summed E-state index contributed by atoms with van der Waals surface area (Å²) < 4.78 is 10.6. The van der Waals surface area contributed by atoms with Gasteiger partial charge in [-0.15, -0.1) is 0 Å². The lowest BCUT2D eigenvalue weighted by atomic mass is 10.0. The number of rotatable bonds is 5. The Balaban J connectivity index is 1.66. The zero-order valence-corrected chi connectivity index (χ0v) is 16.4. The maximum absolute atomic E-state index is 12.7. The topological polar surface area (TPSA) is 71.1 Å². The van der Waals surface area contributed by atoms with Crippen molar-refractivity contribution in [2.45, 2.75) is 51.1 Å². The molecule has 1 aromatic carbocycles. The molecule has 3 amide bonds. The molecule has 0 aliphatic carbocycles. The van der Waals surface area contributed by atoms with Crippen LogP contribution in [0.25, 0.3) is 0 Å². The Morgan fingerprint density at radius 3 is 2.70 bits per heavy atom. The van der Waals surface area contributed by atoms with Crippen LogP contribution in [0, 0.1) is 0 Å². The average molecular weight is 375 g/mol. The number of ether oxygens (including phenoxy) is 2. The first-order valence-corrected chi connectivity index (χ1v) is 9.66. The highest BCUT2D eigenvalue weighted by Gasteiger charge is 2.34. The first-order valence-electron chi connectivity index (χ1n) is 9.66. The second-order valence-corrected chi connectivity index (χ2v) is 7.15. The van der Waals surface area contributed by atoms with E-state index in [2.05, 4.69) is 12.2 Å². The number of piperidine rings is 1. The van der Waals surface area contributed by atoms with E-state index in [1.807, 2.05) is 11.0 Å². The van der Waals surface area contributed by atoms with Gasteiger partial charge in [-0.1, -0.05) is 6.92 Å². The summed E-state index contributed by atoms with van der Waals surface area (Å²) in [6.07, 6.45) is 4.56. The van der Waals surface area contributed by atoms with Gasteiger partial charge in [0, 0.05) is 37.3 Å². The molecule has 2 saturated heterocycles. The lowest BCUT2D eigenvalue weighted by Gasteiger charge is -2.35. The Kier molecular flexibility index (Phi) is 6.08. The van der Waals surface area contributed by atoms with Crippen molar-refractivity contribution in [3.8, 4) is 11.5 Å². The number of hydrogen-bond acceptors (Lipinski definition) is 4. The molecule has 2 aliphatic rings. The lowest BCUT2D eigenvalue weighted by molar-refractivity contribution is -0.117. The van der Waals surface area contributed by atoms with Crippen LogP contribution in [0.4, 0.5) is 10.5 Å². The summed E-state index contributed by atoms with van der Waals surface area (Å²) in [4.78, 5) is 28.8. The van der Waals surface area contributed by atoms with E-state index in [-0.39, 0.29) is 18.0 Å². The number of likely N-dealkylation sites (tertiary alicyclic amines) is 1. The number of benzene rings is 1. The number of carbonyl (C=O) groups is 2. The highest BCUT2D eigenvalue weighted by Crippen LogP contribution is 2.33. The maximum Gasteiger partial charge on any atom is 0.317 e. The van der Waals surface area contributed by atoms with Crippen LogP contribution in [0.3, 0.4) is 0 Å². The van der Waals surface area contributed by atoms with Gasteiger partial charge in [-0.3, -0.25) is 4.79 Å². The Morgan fingerprint density at radius 2 is 2.00 bits per heavy atom. The third-order valence-electron chi connectivity index (χ3n) is 5.49. The molecule has 1 aromatic rings. The van der Waals surface area contributed by atoms with Crippen LogP contribution >= 0.6 is 0 Å². The average Bonchev–Trinajstić information content (AvgIpc) is 3.07. The molecule has 148 valence electrons. The third kappa shape index (κ3) is 4.12. The molecule has 27 heavy (non-hydrogen) atoms. The predicted molar refractivity (Wildman–Crippen MR) is 103 cm³/mol. The van der Waals surface area contributed by atoms with Gasteiger partial charge in [-0.25, -0.2) is 4.79 Å². The first-order chi connectivity index (χ1) is 13.1. The summed E-state index contributed by atoms with van der Waals surface area (Å²) in [6, 6.07) is 5.48. The molecule has 7 heteroatoms. The van der Waals surface area contributed by atoms with Crippen molar-refractivity contribution in [3.63, 3.8) is 0 Å². The minimum Gasteiger partial charge on any atom is -0.493 e. The molecule has 2 atom stereocenters. The molecule has 1 N–H and O–H groups in total. The summed E-state index contributed by atoms with van der Waals surface area (Å²) in [5, 5.41) is 3.06. The minimum absolute atomic E-state index is 0.00166. The van der Waals surface area contributed by atoms with Crippen molar-refractivity contribution >= 4 is 17.6 Å². The van der Waals surface area contributed by atoms with Crippen molar-refractivity contribution in [2.75, 3.05) is 32.2 Å². The fraction of sp³-hybridized carbons (Fsp3) is 0.600. The van der Waals surface area contributed by atoms with Gasteiger partial charge in [0.2, 0.25) is 5.91 Å². The van der Waals surface area contributed by atoms with Gasteiger partial charge >= 0.3 is 6.03 Å². The number of nitrogens with zero attached hydrogens (tertiary/aromatic N) is 2. The summed E-state index contributed by atoms with van der Waals surface area (Å²) in [6.45, 7) is 3.38. The van der Waals surface area contributed by atoms with E-state index < -0.39 is 0 Å². The second kappa shape index (κ2) is 8.50. The number of amides is 3. The molecular weight excluding hydrogens is 346 g/mol. The molecule has 7 nitrogen and oxygen atoms in total. The summed E-state index contributed by atoms with van der Waals surface area (Å²) in [5.41, 5.74) is 0.749. The molecule has 0 spiro atoms. The van der Waals surface area contributed by atoms with Gasteiger partial charge in [0.25, 0.3) is 0 Å². The number of methoxy groups -OCH3 is 2. The summed E-state index contributed by atoms with van der Waals surface area (Å²) in [7, 11) is 3.15. The lowest BCUT2D eigenvalue weighted by Crippen LogP contribution is -2.51. The SMILES string of the molecule is CC[C@H]1CCCCN1C(=O)N[C@@H]1CC(=O)N(c2ccc(OC)c(OC)c2)C1. The van der Waals surface area contributed by atoms with Gasteiger partial charge in [-0.05, 0) is 37.8 Å². The molecular formula is C20H29N3O4. The molecule has 2 aliphatic heterocycles. The predicted octanol–water partition coefficient (Wildman–Crippen LogP) is 2.78. The van der Waals surface area contributed by atoms with Crippen molar-refractivity contribution in [2.24, 2.45) is 0 Å². The number of hydrogen-bond donors (Lipinski definition) is 1. The largest absolute Gasteiger partial charge is 0.493 e. The van der Waals surface area contributed by atoms with E-state index in [0.29, 0.717) is 30.5 Å². The van der Waals surface area contributed by atoms with Gasteiger partial charge in [0.1, 0.15) is 0 Å². The van der Waals surface area contributed by atoms with E-state index in [9.17, 15) is 9.59 Å². The number of anilines is 1. The fourth-order valence-electron chi connectivity index (χ4n) is 4.00. The van der Waals surface area contributed by atoms with Crippen LogP contribution in [-0.2, 0) is 4.79 Å². The van der Waals surface area contributed by atoms with E-state index >= 15 is 0 Å². The molecule has 0 bridgehead atoms. The highest BCUT2D eigenvalue weighted by atomic mass is 16.5. The molecule has 0 aromatic heterocycles. The standard InChI is InChI=1S/C20H29N3O4/c1-4-15-7-5-6-10-22(15)20(25)21-14-11-19(24)23(13-14)16-8-9-17(26-2)18(12-16)27-3/h8-9,12,14-15H,4-7,10-11,13H2,1-3H3,(H,21,25)/t14-,15+/m1/s1. The zero-order valence-electron chi connectivity index (χ0n) is 16.4. The van der Waals surface area contributed by atoms with Crippen LogP contribution in [0.15, 0.2) is 18.2 Å². The Labute approximate surface area is 160 Å². The quantitative estimate of drug-likeness (QED) is 0.859. The Hall–Kier alpha value is -2.44. The van der Waals surface area contributed by atoms with E-state index in [1.54, 1.807) is 31.3 Å². The van der Waals surface area contributed by atoms with Gasteiger partial charge < -0.3 is 24.6 Å². The van der Waals surface area contributed by atoms with Gasteiger partial charge in [0.15, 0.2) is 11.5 Å². The van der Waals surface area contributed by atoms with Crippen molar-refractivity contribution in [1.82, 2.24) is 10.2 Å². The van der Waals surface area contributed by atoms with Crippen molar-refractivity contribution < 1.29 is 19.1 Å². The molecule has 2 fully saturated rings. The molecule has 3 rings (SSSR count). The molecule has 0 saturated carbocycles. The Bertz CT molecular complexity index is 694. The fourth-order valence-corrected chi connectivity index (χ4v) is 4.00. The Morgan fingerprint density at radius 1 is 1.22 bits per heavy atom. The third-order valence-corrected chi connectivity index (χ3v) is 5.49. The van der Waals surface area contributed by atoms with Crippen molar-refractivity contribution in [3.05, 3.63) is 18.2 Å².